The molecule has 0 aromatic carbocycles. The van der Waals surface area contributed by atoms with Gasteiger partial charge in [0.15, 0.2) is 5.82 Å². The van der Waals surface area contributed by atoms with Crippen LogP contribution in [0.25, 0.3) is 0 Å². The monoisotopic (exact) mass is 299 g/mol. The van der Waals surface area contributed by atoms with Crippen molar-refractivity contribution in [2.24, 2.45) is 0 Å². The molecular formula is C16H21N5O. The SMILES string of the molecule is Cc1ccc(CN[C@H]2CCCN(c3ncc[nH]c3=O)C2)nc1. The number of aromatic amines is 1. The Bertz CT molecular complexity index is 667. The minimum absolute atomic E-state index is 0.122. The lowest BCUT2D eigenvalue weighted by atomic mass is 10.1. The number of pyridine rings is 1. The second-order valence-electron chi connectivity index (χ2n) is 5.73. The maximum Gasteiger partial charge on any atom is 0.290 e. The summed E-state index contributed by atoms with van der Waals surface area (Å²) in [5, 5.41) is 3.53. The molecule has 0 spiro atoms. The normalized spacial score (nSPS) is 18.4. The number of nitrogens with zero attached hydrogens (tertiary/aromatic N) is 3. The van der Waals surface area contributed by atoms with Crippen LogP contribution in [0, 0.1) is 6.92 Å². The van der Waals surface area contributed by atoms with Gasteiger partial charge in [-0.25, -0.2) is 4.98 Å². The average molecular weight is 299 g/mol. The molecule has 1 aliphatic rings. The van der Waals surface area contributed by atoms with E-state index in [1.807, 2.05) is 19.2 Å². The van der Waals surface area contributed by atoms with E-state index in [2.05, 4.69) is 31.2 Å². The number of aromatic nitrogens is 3. The second kappa shape index (κ2) is 6.70. The Hall–Kier alpha value is -2.21. The summed E-state index contributed by atoms with van der Waals surface area (Å²) in [4.78, 5) is 25.2. The van der Waals surface area contributed by atoms with Gasteiger partial charge in [0.05, 0.1) is 5.69 Å². The standard InChI is InChI=1S/C16H21N5O/c1-12-4-5-13(19-9-12)10-20-14-3-2-8-21(11-14)15-16(22)18-7-6-17-15/h4-7,9,14,20H,2-3,8,10-11H2,1H3,(H,18,22)/t14-/m0/s1. The van der Waals surface area contributed by atoms with Crippen LogP contribution in [0.5, 0.6) is 0 Å². The number of rotatable bonds is 4. The van der Waals surface area contributed by atoms with Gasteiger partial charge in [-0.05, 0) is 31.4 Å². The lowest BCUT2D eigenvalue weighted by Crippen LogP contribution is -2.47. The van der Waals surface area contributed by atoms with E-state index in [0.29, 0.717) is 11.9 Å². The molecule has 1 fully saturated rings. The number of nitrogens with one attached hydrogen (secondary N) is 2. The van der Waals surface area contributed by atoms with E-state index in [9.17, 15) is 4.79 Å². The van der Waals surface area contributed by atoms with Gasteiger partial charge in [0.1, 0.15) is 0 Å². The molecule has 1 saturated heterocycles. The molecule has 6 nitrogen and oxygen atoms in total. The van der Waals surface area contributed by atoms with Gasteiger partial charge in [-0.1, -0.05) is 6.07 Å². The van der Waals surface area contributed by atoms with Crippen LogP contribution in [0.3, 0.4) is 0 Å². The summed E-state index contributed by atoms with van der Waals surface area (Å²) in [6.45, 7) is 4.46. The Morgan fingerprint density at radius 2 is 2.32 bits per heavy atom. The van der Waals surface area contributed by atoms with Crippen molar-refractivity contribution in [3.05, 3.63) is 52.3 Å². The van der Waals surface area contributed by atoms with E-state index in [0.717, 1.165) is 38.2 Å². The van der Waals surface area contributed by atoms with Gasteiger partial charge in [-0.2, -0.15) is 0 Å². The van der Waals surface area contributed by atoms with Gasteiger partial charge >= 0.3 is 0 Å². The van der Waals surface area contributed by atoms with Crippen molar-refractivity contribution in [2.75, 3.05) is 18.0 Å². The van der Waals surface area contributed by atoms with Crippen molar-refractivity contribution < 1.29 is 0 Å². The molecule has 0 unspecified atom stereocenters. The number of piperidine rings is 1. The Morgan fingerprint density at radius 1 is 1.41 bits per heavy atom. The van der Waals surface area contributed by atoms with Crippen LogP contribution in [0.2, 0.25) is 0 Å². The average Bonchev–Trinajstić information content (AvgIpc) is 2.55. The number of aryl methyl sites for hydroxylation is 1. The molecule has 22 heavy (non-hydrogen) atoms. The molecule has 1 atom stereocenters. The first-order valence-corrected chi connectivity index (χ1v) is 7.66. The Morgan fingerprint density at radius 3 is 3.09 bits per heavy atom. The summed E-state index contributed by atoms with van der Waals surface area (Å²) in [6, 6.07) is 4.47. The Labute approximate surface area is 129 Å². The first-order chi connectivity index (χ1) is 10.7. The number of hydrogen-bond acceptors (Lipinski definition) is 5. The van der Waals surface area contributed by atoms with Gasteiger partial charge in [0.2, 0.25) is 0 Å². The number of anilines is 1. The van der Waals surface area contributed by atoms with Crippen molar-refractivity contribution in [1.82, 2.24) is 20.3 Å². The van der Waals surface area contributed by atoms with E-state index >= 15 is 0 Å². The topological polar surface area (TPSA) is 73.9 Å². The predicted octanol–water partition coefficient (Wildman–Crippen LogP) is 1.23. The third-order valence-corrected chi connectivity index (χ3v) is 3.95. The van der Waals surface area contributed by atoms with Gasteiger partial charge in [-0.15, -0.1) is 0 Å². The first kappa shape index (κ1) is 14.7. The molecule has 1 aliphatic heterocycles. The van der Waals surface area contributed by atoms with Crippen LogP contribution in [0.1, 0.15) is 24.1 Å². The highest BCUT2D eigenvalue weighted by molar-refractivity contribution is 5.36. The molecule has 3 rings (SSSR count). The molecule has 3 heterocycles. The third kappa shape index (κ3) is 3.51. The highest BCUT2D eigenvalue weighted by atomic mass is 16.1. The lowest BCUT2D eigenvalue weighted by Gasteiger charge is -2.33. The van der Waals surface area contributed by atoms with Crippen LogP contribution in [0.15, 0.2) is 35.5 Å². The van der Waals surface area contributed by atoms with Crippen molar-refractivity contribution in [2.45, 2.75) is 32.4 Å². The van der Waals surface area contributed by atoms with Crippen molar-refractivity contribution in [3.8, 4) is 0 Å². The fourth-order valence-corrected chi connectivity index (χ4v) is 2.76. The molecule has 2 N–H and O–H groups in total. The number of H-pyrrole nitrogens is 1. The van der Waals surface area contributed by atoms with Crippen molar-refractivity contribution in [1.29, 1.82) is 0 Å². The highest BCUT2D eigenvalue weighted by Crippen LogP contribution is 2.14. The van der Waals surface area contributed by atoms with Crippen LogP contribution >= 0.6 is 0 Å². The van der Waals surface area contributed by atoms with Crippen LogP contribution in [0.4, 0.5) is 5.82 Å². The van der Waals surface area contributed by atoms with Crippen molar-refractivity contribution in [3.63, 3.8) is 0 Å². The Kier molecular flexibility index (Phi) is 4.48. The maximum atomic E-state index is 11.8. The van der Waals surface area contributed by atoms with E-state index in [1.54, 1.807) is 12.4 Å². The zero-order chi connectivity index (χ0) is 15.4. The van der Waals surface area contributed by atoms with Crippen molar-refractivity contribution >= 4 is 5.82 Å². The maximum absolute atomic E-state index is 11.8. The van der Waals surface area contributed by atoms with Gasteiger partial charge in [0, 0.05) is 44.3 Å². The first-order valence-electron chi connectivity index (χ1n) is 7.66. The molecular weight excluding hydrogens is 278 g/mol. The molecule has 116 valence electrons. The third-order valence-electron chi connectivity index (χ3n) is 3.95. The van der Waals surface area contributed by atoms with Gasteiger partial charge < -0.3 is 15.2 Å². The summed E-state index contributed by atoms with van der Waals surface area (Å²) in [5.74, 6) is 0.516. The smallest absolute Gasteiger partial charge is 0.290 e. The minimum atomic E-state index is -0.122. The Balaban J connectivity index is 1.60. The number of hydrogen-bond donors (Lipinski definition) is 2. The summed E-state index contributed by atoms with van der Waals surface area (Å²) in [5.41, 5.74) is 2.09. The largest absolute Gasteiger partial charge is 0.350 e. The quantitative estimate of drug-likeness (QED) is 0.888. The fourth-order valence-electron chi connectivity index (χ4n) is 2.76. The van der Waals surface area contributed by atoms with Gasteiger partial charge in [0.25, 0.3) is 5.56 Å². The van der Waals surface area contributed by atoms with Crippen LogP contribution in [-0.2, 0) is 6.54 Å². The lowest BCUT2D eigenvalue weighted by molar-refractivity contribution is 0.417. The summed E-state index contributed by atoms with van der Waals surface area (Å²) < 4.78 is 0. The van der Waals surface area contributed by atoms with E-state index in [-0.39, 0.29) is 5.56 Å². The van der Waals surface area contributed by atoms with E-state index in [4.69, 9.17) is 0 Å². The predicted molar refractivity (Wildman–Crippen MR) is 85.9 cm³/mol. The molecule has 0 saturated carbocycles. The van der Waals surface area contributed by atoms with E-state index in [1.165, 1.54) is 5.56 Å². The van der Waals surface area contributed by atoms with E-state index < -0.39 is 0 Å². The minimum Gasteiger partial charge on any atom is -0.350 e. The highest BCUT2D eigenvalue weighted by Gasteiger charge is 2.22. The molecule has 0 radical (unpaired) electrons. The van der Waals surface area contributed by atoms with Crippen LogP contribution < -0.4 is 15.8 Å². The molecule has 2 aromatic heterocycles. The second-order valence-corrected chi connectivity index (χ2v) is 5.73. The molecule has 6 heteroatoms. The summed E-state index contributed by atoms with van der Waals surface area (Å²) >= 11 is 0. The molecule has 0 bridgehead atoms. The fraction of sp³-hybridized carbons (Fsp3) is 0.438. The summed E-state index contributed by atoms with van der Waals surface area (Å²) in [6.07, 6.45) is 7.23. The molecule has 2 aromatic rings. The molecule has 0 aliphatic carbocycles. The van der Waals surface area contributed by atoms with Gasteiger partial charge in [-0.3, -0.25) is 9.78 Å². The zero-order valence-electron chi connectivity index (χ0n) is 12.7. The molecule has 0 amide bonds. The summed E-state index contributed by atoms with van der Waals surface area (Å²) in [7, 11) is 0. The zero-order valence-corrected chi connectivity index (χ0v) is 12.7. The van der Waals surface area contributed by atoms with Crippen LogP contribution in [-0.4, -0.2) is 34.1 Å².